The van der Waals surface area contributed by atoms with E-state index >= 15 is 0 Å². The van der Waals surface area contributed by atoms with Gasteiger partial charge in [-0.1, -0.05) is 13.8 Å². The van der Waals surface area contributed by atoms with E-state index in [0.29, 0.717) is 18.9 Å². The number of aliphatic hydroxyl groups is 1. The minimum absolute atomic E-state index is 0.0504. The first-order valence-electron chi connectivity index (χ1n) is 7.05. The number of hydrogen-bond donors (Lipinski definition) is 2. The van der Waals surface area contributed by atoms with Crippen LogP contribution in [-0.2, 0) is 4.74 Å². The number of nitrogens with zero attached hydrogens (tertiary/aromatic N) is 1. The molecule has 1 aliphatic rings. The van der Waals surface area contributed by atoms with Crippen molar-refractivity contribution < 1.29 is 14.6 Å². The van der Waals surface area contributed by atoms with Gasteiger partial charge in [0.2, 0.25) is 0 Å². The fourth-order valence-electron chi connectivity index (χ4n) is 2.52. The van der Waals surface area contributed by atoms with Crippen LogP contribution in [0.15, 0.2) is 0 Å². The summed E-state index contributed by atoms with van der Waals surface area (Å²) in [6.45, 7) is 8.74. The lowest BCUT2D eigenvalue weighted by Crippen LogP contribution is -2.44. The molecular formula is C14H28N2O3. The molecule has 2 amide bonds. The number of rotatable bonds is 6. The summed E-state index contributed by atoms with van der Waals surface area (Å²) in [4.78, 5) is 13.7. The lowest BCUT2D eigenvalue weighted by Gasteiger charge is -2.28. The Balaban J connectivity index is 2.29. The lowest BCUT2D eigenvalue weighted by molar-refractivity contribution is 0.126. The third-order valence-corrected chi connectivity index (χ3v) is 3.47. The van der Waals surface area contributed by atoms with E-state index in [0.717, 1.165) is 26.2 Å². The van der Waals surface area contributed by atoms with E-state index in [1.54, 1.807) is 11.8 Å². The first-order valence-corrected chi connectivity index (χ1v) is 7.05. The van der Waals surface area contributed by atoms with Gasteiger partial charge >= 0.3 is 6.03 Å². The van der Waals surface area contributed by atoms with Crippen LogP contribution in [0.4, 0.5) is 4.79 Å². The molecule has 0 saturated carbocycles. The van der Waals surface area contributed by atoms with E-state index in [2.05, 4.69) is 5.32 Å². The van der Waals surface area contributed by atoms with E-state index in [1.165, 1.54) is 0 Å². The number of aliphatic hydroxyl groups excluding tert-OH is 1. The van der Waals surface area contributed by atoms with Gasteiger partial charge in [0.15, 0.2) is 0 Å². The Hall–Kier alpha value is -0.810. The third kappa shape index (κ3) is 6.25. The lowest BCUT2D eigenvalue weighted by atomic mass is 9.87. The van der Waals surface area contributed by atoms with Crippen molar-refractivity contribution in [3.8, 4) is 0 Å². The molecule has 2 atom stereocenters. The van der Waals surface area contributed by atoms with E-state index in [4.69, 9.17) is 4.74 Å². The number of nitrogens with one attached hydrogen (secondary N) is 1. The van der Waals surface area contributed by atoms with Crippen LogP contribution < -0.4 is 5.32 Å². The molecule has 1 heterocycles. The second kappa shape index (κ2) is 7.10. The predicted molar refractivity (Wildman–Crippen MR) is 75.0 cm³/mol. The average molecular weight is 272 g/mol. The molecule has 5 heteroatoms. The van der Waals surface area contributed by atoms with Crippen LogP contribution in [0.5, 0.6) is 0 Å². The molecule has 19 heavy (non-hydrogen) atoms. The molecule has 0 radical (unpaired) electrons. The summed E-state index contributed by atoms with van der Waals surface area (Å²) in [6, 6.07) is -0.0504. The molecule has 5 nitrogen and oxygen atoms in total. The number of hydrogen-bond acceptors (Lipinski definition) is 3. The summed E-state index contributed by atoms with van der Waals surface area (Å²) in [5.74, 6) is 0.459. The molecule has 112 valence electrons. The average Bonchev–Trinajstić information content (AvgIpc) is 2.76. The molecule has 0 bridgehead atoms. The zero-order valence-corrected chi connectivity index (χ0v) is 12.6. The van der Waals surface area contributed by atoms with Crippen LogP contribution in [-0.4, -0.2) is 55.5 Å². The SMILES string of the molecule is CC(O)CC(C)(C)CNC(=O)N(C)CC1CCOC1. The van der Waals surface area contributed by atoms with Gasteiger partial charge in [-0.2, -0.15) is 0 Å². The maximum absolute atomic E-state index is 12.0. The second-order valence-electron chi connectivity index (χ2n) is 6.49. The van der Waals surface area contributed by atoms with Crippen LogP contribution in [0, 0.1) is 11.3 Å². The minimum atomic E-state index is -0.347. The van der Waals surface area contributed by atoms with Crippen molar-refractivity contribution in [2.75, 3.05) is 33.4 Å². The molecule has 1 rings (SSSR count). The van der Waals surface area contributed by atoms with Gasteiger partial charge in [-0.3, -0.25) is 0 Å². The van der Waals surface area contributed by atoms with E-state index in [-0.39, 0.29) is 17.6 Å². The third-order valence-electron chi connectivity index (χ3n) is 3.47. The Morgan fingerprint density at radius 1 is 1.58 bits per heavy atom. The first kappa shape index (κ1) is 16.2. The Labute approximate surface area is 116 Å². The van der Waals surface area contributed by atoms with Gasteiger partial charge in [0, 0.05) is 32.7 Å². The summed E-state index contributed by atoms with van der Waals surface area (Å²) in [5, 5.41) is 12.4. The monoisotopic (exact) mass is 272 g/mol. The largest absolute Gasteiger partial charge is 0.393 e. The van der Waals surface area contributed by atoms with Crippen molar-refractivity contribution in [3.05, 3.63) is 0 Å². The highest BCUT2D eigenvalue weighted by Gasteiger charge is 2.23. The fraction of sp³-hybridized carbons (Fsp3) is 0.929. The molecule has 0 aliphatic carbocycles. The van der Waals surface area contributed by atoms with Gasteiger partial charge < -0.3 is 20.1 Å². The highest BCUT2D eigenvalue weighted by molar-refractivity contribution is 5.73. The molecule has 1 saturated heterocycles. The molecule has 2 N–H and O–H groups in total. The molecule has 1 fully saturated rings. The van der Waals surface area contributed by atoms with Gasteiger partial charge in [-0.15, -0.1) is 0 Å². The van der Waals surface area contributed by atoms with Crippen LogP contribution in [0.1, 0.15) is 33.6 Å². The Morgan fingerprint density at radius 2 is 2.26 bits per heavy atom. The zero-order valence-electron chi connectivity index (χ0n) is 12.6. The van der Waals surface area contributed by atoms with E-state index in [1.807, 2.05) is 20.9 Å². The normalized spacial score (nSPS) is 21.2. The first-order chi connectivity index (χ1) is 8.80. The van der Waals surface area contributed by atoms with E-state index < -0.39 is 0 Å². The van der Waals surface area contributed by atoms with Gasteiger partial charge in [-0.25, -0.2) is 4.79 Å². The van der Waals surface area contributed by atoms with Crippen molar-refractivity contribution in [1.29, 1.82) is 0 Å². The molecule has 0 aromatic heterocycles. The maximum Gasteiger partial charge on any atom is 0.317 e. The molecule has 1 aliphatic heterocycles. The summed E-state index contributed by atoms with van der Waals surface area (Å²) in [6.07, 6.45) is 1.36. The second-order valence-corrected chi connectivity index (χ2v) is 6.49. The highest BCUT2D eigenvalue weighted by atomic mass is 16.5. The van der Waals surface area contributed by atoms with Crippen molar-refractivity contribution >= 4 is 6.03 Å². The van der Waals surface area contributed by atoms with Crippen LogP contribution in [0.3, 0.4) is 0 Å². The predicted octanol–water partition coefficient (Wildman–Crippen LogP) is 1.46. The van der Waals surface area contributed by atoms with Crippen LogP contribution in [0.2, 0.25) is 0 Å². The van der Waals surface area contributed by atoms with Crippen molar-refractivity contribution in [1.82, 2.24) is 10.2 Å². The standard InChI is InChI=1S/C14H28N2O3/c1-11(17)7-14(2,3)10-15-13(18)16(4)8-12-5-6-19-9-12/h11-12,17H,5-10H2,1-4H3,(H,15,18). The number of amides is 2. The summed E-state index contributed by atoms with van der Waals surface area (Å²) >= 11 is 0. The molecule has 2 unspecified atom stereocenters. The molecule has 0 aromatic carbocycles. The Bertz CT molecular complexity index is 286. The van der Waals surface area contributed by atoms with Gasteiger partial charge in [0.1, 0.15) is 0 Å². The fourth-order valence-corrected chi connectivity index (χ4v) is 2.52. The number of ether oxygens (including phenoxy) is 1. The van der Waals surface area contributed by atoms with E-state index in [9.17, 15) is 9.90 Å². The summed E-state index contributed by atoms with van der Waals surface area (Å²) in [7, 11) is 1.81. The number of urea groups is 1. The van der Waals surface area contributed by atoms with Crippen molar-refractivity contribution in [2.24, 2.45) is 11.3 Å². The highest BCUT2D eigenvalue weighted by Crippen LogP contribution is 2.21. The Kier molecular flexibility index (Phi) is 6.07. The minimum Gasteiger partial charge on any atom is -0.393 e. The molecule has 0 aromatic rings. The molecular weight excluding hydrogens is 244 g/mol. The van der Waals surface area contributed by atoms with Gasteiger partial charge in [0.05, 0.1) is 12.7 Å². The van der Waals surface area contributed by atoms with Crippen LogP contribution >= 0.6 is 0 Å². The summed E-state index contributed by atoms with van der Waals surface area (Å²) in [5.41, 5.74) is -0.0961. The Morgan fingerprint density at radius 3 is 2.79 bits per heavy atom. The topological polar surface area (TPSA) is 61.8 Å². The smallest absolute Gasteiger partial charge is 0.317 e. The number of carbonyl (C=O) groups excluding carboxylic acids is 1. The van der Waals surface area contributed by atoms with Crippen LogP contribution in [0.25, 0.3) is 0 Å². The maximum atomic E-state index is 12.0. The zero-order chi connectivity index (χ0) is 14.5. The summed E-state index contributed by atoms with van der Waals surface area (Å²) < 4.78 is 5.31. The van der Waals surface area contributed by atoms with Gasteiger partial charge in [-0.05, 0) is 25.2 Å². The quantitative estimate of drug-likeness (QED) is 0.769. The van der Waals surface area contributed by atoms with Crippen molar-refractivity contribution in [2.45, 2.75) is 39.7 Å². The number of carbonyl (C=O) groups is 1. The van der Waals surface area contributed by atoms with Crippen molar-refractivity contribution in [3.63, 3.8) is 0 Å². The van der Waals surface area contributed by atoms with Gasteiger partial charge in [0.25, 0.3) is 0 Å². The molecule has 0 spiro atoms.